The van der Waals surface area contributed by atoms with E-state index in [-0.39, 0.29) is 17.6 Å². The number of hydrogen-bond donors (Lipinski definition) is 1. The lowest BCUT2D eigenvalue weighted by Gasteiger charge is -2.34. The first-order valence-corrected chi connectivity index (χ1v) is 9.52. The number of aliphatic hydroxyl groups is 1. The van der Waals surface area contributed by atoms with Gasteiger partial charge in [-0.3, -0.25) is 4.79 Å². The molecule has 0 bridgehead atoms. The summed E-state index contributed by atoms with van der Waals surface area (Å²) in [6.45, 7) is 1.80. The van der Waals surface area contributed by atoms with Crippen LogP contribution in [0.3, 0.4) is 0 Å². The van der Waals surface area contributed by atoms with Gasteiger partial charge in [-0.05, 0) is 55.0 Å². The molecule has 1 atom stereocenters. The van der Waals surface area contributed by atoms with E-state index in [1.165, 1.54) is 12.1 Å². The number of carbonyl (C=O) groups excluding carboxylic acids is 1. The lowest BCUT2D eigenvalue weighted by Crippen LogP contribution is -2.39. The van der Waals surface area contributed by atoms with Crippen molar-refractivity contribution in [1.82, 2.24) is 4.90 Å². The quantitative estimate of drug-likeness (QED) is 0.750. The maximum atomic E-state index is 12.8. The average Bonchev–Trinajstić information content (AvgIpc) is 2.72. The van der Waals surface area contributed by atoms with E-state index < -0.39 is 6.10 Å². The highest BCUT2D eigenvalue weighted by atomic mass is 19.1. The normalized spacial score (nSPS) is 16.1. The Morgan fingerprint density at radius 2 is 1.78 bits per heavy atom. The number of halogens is 1. The van der Waals surface area contributed by atoms with Gasteiger partial charge >= 0.3 is 0 Å². The number of carbonyl (C=O) groups is 1. The van der Waals surface area contributed by atoms with Gasteiger partial charge in [-0.25, -0.2) is 4.39 Å². The molecule has 5 heteroatoms. The van der Waals surface area contributed by atoms with Gasteiger partial charge in [-0.1, -0.05) is 30.3 Å². The fourth-order valence-corrected chi connectivity index (χ4v) is 3.49. The largest absolute Gasteiger partial charge is 0.494 e. The number of aliphatic hydroxyl groups excluding tert-OH is 1. The lowest BCUT2D eigenvalue weighted by molar-refractivity contribution is -0.133. The standard InChI is InChI=1S/C22H26FNO3/c23-19-8-10-20(11-9-19)27-16-4-7-21(25)24-14-12-18(13-15-24)22(26)17-5-2-1-3-6-17/h1-3,5-6,8-11,18,22,26H,4,7,12-16H2. The molecule has 2 aromatic carbocycles. The van der Waals surface area contributed by atoms with Crippen LogP contribution < -0.4 is 4.74 Å². The number of rotatable bonds is 7. The molecule has 2 aromatic rings. The van der Waals surface area contributed by atoms with Crippen molar-refractivity contribution in [3.05, 3.63) is 66.0 Å². The summed E-state index contributed by atoms with van der Waals surface area (Å²) in [5.74, 6) is 0.640. The number of amides is 1. The second-order valence-electron chi connectivity index (χ2n) is 6.98. The van der Waals surface area contributed by atoms with Crippen LogP contribution in [0.15, 0.2) is 54.6 Å². The second kappa shape index (κ2) is 9.51. The minimum Gasteiger partial charge on any atom is -0.494 e. The van der Waals surface area contributed by atoms with Gasteiger partial charge in [0.2, 0.25) is 5.91 Å². The Morgan fingerprint density at radius 3 is 2.44 bits per heavy atom. The third-order valence-electron chi connectivity index (χ3n) is 5.10. The van der Waals surface area contributed by atoms with Crippen molar-refractivity contribution in [3.63, 3.8) is 0 Å². The Hall–Kier alpha value is -2.40. The fraction of sp³-hybridized carbons (Fsp3) is 0.409. The summed E-state index contributed by atoms with van der Waals surface area (Å²) in [7, 11) is 0. The highest BCUT2D eigenvalue weighted by Gasteiger charge is 2.27. The molecule has 1 aliphatic rings. The number of hydrogen-bond acceptors (Lipinski definition) is 3. The van der Waals surface area contributed by atoms with Gasteiger partial charge in [0.25, 0.3) is 0 Å². The summed E-state index contributed by atoms with van der Waals surface area (Å²) < 4.78 is 18.4. The molecular weight excluding hydrogens is 345 g/mol. The molecule has 144 valence electrons. The molecule has 1 fully saturated rings. The van der Waals surface area contributed by atoms with E-state index in [4.69, 9.17) is 4.74 Å². The monoisotopic (exact) mass is 371 g/mol. The number of ether oxygens (including phenoxy) is 1. The number of nitrogens with zero attached hydrogens (tertiary/aromatic N) is 1. The van der Waals surface area contributed by atoms with Crippen LogP contribution in [0.2, 0.25) is 0 Å². The minimum absolute atomic E-state index is 0.130. The van der Waals surface area contributed by atoms with Gasteiger partial charge in [0.05, 0.1) is 12.7 Å². The van der Waals surface area contributed by atoms with Gasteiger partial charge in [0.1, 0.15) is 11.6 Å². The van der Waals surface area contributed by atoms with Crippen molar-refractivity contribution in [3.8, 4) is 5.75 Å². The molecule has 1 unspecified atom stereocenters. The number of piperidine rings is 1. The van der Waals surface area contributed by atoms with E-state index in [1.54, 1.807) is 12.1 Å². The second-order valence-corrected chi connectivity index (χ2v) is 6.98. The summed E-state index contributed by atoms with van der Waals surface area (Å²) in [6.07, 6.45) is 2.23. The van der Waals surface area contributed by atoms with Crippen molar-refractivity contribution in [2.24, 2.45) is 5.92 Å². The van der Waals surface area contributed by atoms with Gasteiger partial charge in [-0.2, -0.15) is 0 Å². The van der Waals surface area contributed by atoms with E-state index >= 15 is 0 Å². The summed E-state index contributed by atoms with van der Waals surface area (Å²) in [6, 6.07) is 15.6. The molecule has 27 heavy (non-hydrogen) atoms. The average molecular weight is 371 g/mol. The molecule has 0 radical (unpaired) electrons. The first-order chi connectivity index (χ1) is 13.1. The molecule has 4 nitrogen and oxygen atoms in total. The van der Waals surface area contributed by atoms with E-state index in [9.17, 15) is 14.3 Å². The third-order valence-corrected chi connectivity index (χ3v) is 5.10. The van der Waals surface area contributed by atoms with Crippen LogP contribution in [0.25, 0.3) is 0 Å². The minimum atomic E-state index is -0.465. The molecule has 0 spiro atoms. The SMILES string of the molecule is O=C(CCCOc1ccc(F)cc1)N1CCC(C(O)c2ccccc2)CC1. The van der Waals surface area contributed by atoms with Crippen LogP contribution in [0, 0.1) is 11.7 Å². The zero-order valence-electron chi connectivity index (χ0n) is 15.4. The maximum absolute atomic E-state index is 12.8. The van der Waals surface area contributed by atoms with Crippen LogP contribution in [0.4, 0.5) is 4.39 Å². The Balaban J connectivity index is 1.36. The molecule has 1 N–H and O–H groups in total. The first kappa shape index (κ1) is 19.4. The van der Waals surface area contributed by atoms with Gasteiger partial charge in [0.15, 0.2) is 0 Å². The predicted molar refractivity (Wildman–Crippen MR) is 102 cm³/mol. The van der Waals surface area contributed by atoms with Crippen molar-refractivity contribution in [1.29, 1.82) is 0 Å². The smallest absolute Gasteiger partial charge is 0.222 e. The van der Waals surface area contributed by atoms with Crippen molar-refractivity contribution >= 4 is 5.91 Å². The lowest BCUT2D eigenvalue weighted by atomic mass is 9.87. The van der Waals surface area contributed by atoms with Crippen molar-refractivity contribution in [2.75, 3.05) is 19.7 Å². The highest BCUT2D eigenvalue weighted by molar-refractivity contribution is 5.76. The molecule has 1 amide bonds. The molecule has 3 rings (SSSR count). The van der Waals surface area contributed by atoms with Crippen LogP contribution in [0.5, 0.6) is 5.75 Å². The molecule has 1 heterocycles. The highest BCUT2D eigenvalue weighted by Crippen LogP contribution is 2.30. The first-order valence-electron chi connectivity index (χ1n) is 9.52. The Bertz CT molecular complexity index is 712. The summed E-state index contributed by atoms with van der Waals surface area (Å²) >= 11 is 0. The van der Waals surface area contributed by atoms with Crippen LogP contribution >= 0.6 is 0 Å². The van der Waals surface area contributed by atoms with Gasteiger partial charge < -0.3 is 14.7 Å². The molecule has 1 saturated heterocycles. The topological polar surface area (TPSA) is 49.8 Å². The number of likely N-dealkylation sites (tertiary alicyclic amines) is 1. The van der Waals surface area contributed by atoms with Crippen molar-refractivity contribution < 1.29 is 19.0 Å². The Labute approximate surface area is 159 Å². The molecular formula is C22H26FNO3. The third kappa shape index (κ3) is 5.54. The fourth-order valence-electron chi connectivity index (χ4n) is 3.49. The molecule has 0 aliphatic carbocycles. The van der Waals surface area contributed by atoms with Crippen LogP contribution in [-0.4, -0.2) is 35.6 Å². The molecule has 0 aromatic heterocycles. The van der Waals surface area contributed by atoms with Crippen LogP contribution in [0.1, 0.15) is 37.4 Å². The Morgan fingerprint density at radius 1 is 1.11 bits per heavy atom. The van der Waals surface area contributed by atoms with E-state index in [1.807, 2.05) is 35.2 Å². The Kier molecular flexibility index (Phi) is 6.82. The zero-order chi connectivity index (χ0) is 19.1. The zero-order valence-corrected chi connectivity index (χ0v) is 15.4. The van der Waals surface area contributed by atoms with E-state index in [2.05, 4.69) is 0 Å². The summed E-state index contributed by atoms with van der Waals surface area (Å²) in [5, 5.41) is 10.5. The maximum Gasteiger partial charge on any atom is 0.222 e. The van der Waals surface area contributed by atoms with Gasteiger partial charge in [0, 0.05) is 19.5 Å². The summed E-state index contributed by atoms with van der Waals surface area (Å²) in [5.41, 5.74) is 0.945. The summed E-state index contributed by atoms with van der Waals surface area (Å²) in [4.78, 5) is 14.2. The molecule has 1 aliphatic heterocycles. The van der Waals surface area contributed by atoms with E-state index in [0.29, 0.717) is 38.3 Å². The predicted octanol–water partition coefficient (Wildman–Crippen LogP) is 3.96. The van der Waals surface area contributed by atoms with Crippen molar-refractivity contribution in [2.45, 2.75) is 31.8 Å². The molecule has 0 saturated carbocycles. The van der Waals surface area contributed by atoms with Gasteiger partial charge in [-0.15, -0.1) is 0 Å². The van der Waals surface area contributed by atoms with Crippen LogP contribution in [-0.2, 0) is 4.79 Å². The van der Waals surface area contributed by atoms with E-state index in [0.717, 1.165) is 18.4 Å². The number of benzene rings is 2.